The lowest BCUT2D eigenvalue weighted by Gasteiger charge is -2.21. The molecule has 0 radical (unpaired) electrons. The molecule has 24 heavy (non-hydrogen) atoms. The van der Waals surface area contributed by atoms with Gasteiger partial charge in [-0.15, -0.1) is 11.3 Å². The molecule has 3 heterocycles. The summed E-state index contributed by atoms with van der Waals surface area (Å²) in [5.74, 6) is 1.77. The van der Waals surface area contributed by atoms with Crippen LogP contribution in [-0.2, 0) is 0 Å². The molecule has 5 heteroatoms. The molecule has 1 aromatic carbocycles. The molecule has 1 aliphatic rings. The summed E-state index contributed by atoms with van der Waals surface area (Å²) in [4.78, 5) is 13.2. The molecule has 1 N–H and O–H groups in total. The van der Waals surface area contributed by atoms with Gasteiger partial charge in [0.05, 0.1) is 10.4 Å². The molecule has 1 saturated heterocycles. The Balaban J connectivity index is 1.69. The molecule has 3 aromatic rings. The van der Waals surface area contributed by atoms with E-state index in [0.29, 0.717) is 12.1 Å². The number of rotatable bonds is 4. The first-order chi connectivity index (χ1) is 11.7. The summed E-state index contributed by atoms with van der Waals surface area (Å²) >= 11 is 1.68. The second-order valence-corrected chi connectivity index (χ2v) is 7.56. The van der Waals surface area contributed by atoms with Crippen molar-refractivity contribution in [3.63, 3.8) is 0 Å². The minimum atomic E-state index is 0.446. The molecule has 4 nitrogen and oxygen atoms in total. The average Bonchev–Trinajstić information content (AvgIpc) is 3.26. The van der Waals surface area contributed by atoms with E-state index in [1.165, 1.54) is 0 Å². The van der Waals surface area contributed by atoms with Gasteiger partial charge in [-0.1, -0.05) is 18.2 Å². The number of fused-ring (bicyclic) bond motifs is 1. The summed E-state index contributed by atoms with van der Waals surface area (Å²) in [5, 5.41) is 6.85. The van der Waals surface area contributed by atoms with Gasteiger partial charge in [0, 0.05) is 30.6 Å². The lowest BCUT2D eigenvalue weighted by Crippen LogP contribution is -2.31. The third-order valence-corrected chi connectivity index (χ3v) is 5.50. The molecule has 0 spiro atoms. The van der Waals surface area contributed by atoms with Crippen LogP contribution in [0.3, 0.4) is 0 Å². The zero-order valence-corrected chi connectivity index (χ0v) is 14.9. The topological polar surface area (TPSA) is 41.0 Å². The van der Waals surface area contributed by atoms with Gasteiger partial charge in [0.15, 0.2) is 5.82 Å². The number of aromatic nitrogens is 2. The molecule has 0 bridgehead atoms. The van der Waals surface area contributed by atoms with Crippen LogP contribution in [0.4, 0.5) is 5.82 Å². The van der Waals surface area contributed by atoms with Gasteiger partial charge in [0.25, 0.3) is 0 Å². The number of likely N-dealkylation sites (tertiary alicyclic amines) is 1. The zero-order chi connectivity index (χ0) is 16.5. The Hall–Kier alpha value is -1.98. The van der Waals surface area contributed by atoms with Crippen LogP contribution in [0.5, 0.6) is 0 Å². The van der Waals surface area contributed by atoms with E-state index in [4.69, 9.17) is 9.97 Å². The minimum Gasteiger partial charge on any atom is -0.365 e. The lowest BCUT2D eigenvalue weighted by atomic mass is 10.2. The van der Waals surface area contributed by atoms with Gasteiger partial charge in [0.1, 0.15) is 5.82 Å². The molecule has 1 aliphatic heterocycles. The van der Waals surface area contributed by atoms with E-state index in [-0.39, 0.29) is 0 Å². The van der Waals surface area contributed by atoms with Gasteiger partial charge in [-0.3, -0.25) is 4.90 Å². The van der Waals surface area contributed by atoms with Crippen molar-refractivity contribution in [3.05, 3.63) is 41.8 Å². The highest BCUT2D eigenvalue weighted by Crippen LogP contribution is 2.28. The normalized spacial score (nSPS) is 18.5. The molecule has 4 rings (SSSR count). The molecule has 0 aliphatic carbocycles. The number of thiophene rings is 1. The van der Waals surface area contributed by atoms with Crippen molar-refractivity contribution in [1.82, 2.24) is 14.9 Å². The van der Waals surface area contributed by atoms with Crippen molar-refractivity contribution >= 4 is 28.1 Å². The van der Waals surface area contributed by atoms with E-state index in [2.05, 4.69) is 53.7 Å². The Bertz CT molecular complexity index is 829. The van der Waals surface area contributed by atoms with Crippen LogP contribution in [-0.4, -0.2) is 40.0 Å². The van der Waals surface area contributed by atoms with Crippen LogP contribution in [0.15, 0.2) is 41.8 Å². The lowest BCUT2D eigenvalue weighted by molar-refractivity contribution is 0.274. The third-order valence-electron chi connectivity index (χ3n) is 4.64. The van der Waals surface area contributed by atoms with Crippen LogP contribution >= 0.6 is 11.3 Å². The van der Waals surface area contributed by atoms with Crippen molar-refractivity contribution in [1.29, 1.82) is 0 Å². The fourth-order valence-corrected chi connectivity index (χ4v) is 3.93. The monoisotopic (exact) mass is 338 g/mol. The van der Waals surface area contributed by atoms with E-state index >= 15 is 0 Å². The van der Waals surface area contributed by atoms with E-state index in [1.807, 2.05) is 12.1 Å². The molecular formula is C19H22N4S. The van der Waals surface area contributed by atoms with Gasteiger partial charge in [-0.05, 0) is 43.8 Å². The van der Waals surface area contributed by atoms with Crippen molar-refractivity contribution in [2.24, 2.45) is 0 Å². The first-order valence-electron chi connectivity index (χ1n) is 8.52. The first kappa shape index (κ1) is 15.5. The highest BCUT2D eigenvalue weighted by atomic mass is 32.1. The Labute approximate surface area is 146 Å². The van der Waals surface area contributed by atoms with Crippen LogP contribution in [0.25, 0.3) is 21.6 Å². The van der Waals surface area contributed by atoms with Crippen LogP contribution in [0.2, 0.25) is 0 Å². The second-order valence-electron chi connectivity index (χ2n) is 6.61. The summed E-state index contributed by atoms with van der Waals surface area (Å²) in [5.41, 5.74) is 0.997. The maximum atomic E-state index is 4.85. The second kappa shape index (κ2) is 6.49. The van der Waals surface area contributed by atoms with Gasteiger partial charge in [-0.25, -0.2) is 9.97 Å². The molecule has 0 unspecified atom stereocenters. The highest BCUT2D eigenvalue weighted by molar-refractivity contribution is 7.13. The predicted octanol–water partition coefficient (Wildman–Crippen LogP) is 4.25. The van der Waals surface area contributed by atoms with Crippen LogP contribution in [0, 0.1) is 0 Å². The smallest absolute Gasteiger partial charge is 0.172 e. The molecule has 1 atom stereocenters. The number of hydrogen-bond acceptors (Lipinski definition) is 5. The van der Waals surface area contributed by atoms with Crippen LogP contribution in [0.1, 0.15) is 20.3 Å². The quantitative estimate of drug-likeness (QED) is 0.772. The van der Waals surface area contributed by atoms with E-state index in [1.54, 1.807) is 11.3 Å². The minimum absolute atomic E-state index is 0.446. The zero-order valence-electron chi connectivity index (χ0n) is 14.1. The standard InChI is InChI=1S/C19H22N4S/c1-13(2)23-10-9-14(12-23)20-18-15-6-3-4-7-16(15)21-19(22-18)17-8-5-11-24-17/h3-8,11,13-14H,9-10,12H2,1-2H3,(H,20,21,22)/t14-/m0/s1. The summed E-state index contributed by atoms with van der Waals surface area (Å²) in [7, 11) is 0. The van der Waals surface area contributed by atoms with Crippen molar-refractivity contribution in [3.8, 4) is 10.7 Å². The maximum absolute atomic E-state index is 4.85. The van der Waals surface area contributed by atoms with Crippen LogP contribution < -0.4 is 5.32 Å². The first-order valence-corrected chi connectivity index (χ1v) is 9.40. The van der Waals surface area contributed by atoms with E-state index < -0.39 is 0 Å². The molecule has 124 valence electrons. The Morgan fingerprint density at radius 1 is 1.17 bits per heavy atom. The number of nitrogens with one attached hydrogen (secondary N) is 1. The van der Waals surface area contributed by atoms with Gasteiger partial charge >= 0.3 is 0 Å². The summed E-state index contributed by atoms with van der Waals surface area (Å²) < 4.78 is 0. The van der Waals surface area contributed by atoms with E-state index in [0.717, 1.165) is 46.9 Å². The fraction of sp³-hybridized carbons (Fsp3) is 0.368. The SMILES string of the molecule is CC(C)N1CC[C@H](Nc2nc(-c3cccs3)nc3ccccc23)C1. The number of para-hydroxylation sites is 1. The largest absolute Gasteiger partial charge is 0.365 e. The summed E-state index contributed by atoms with van der Waals surface area (Å²) in [6.45, 7) is 6.75. The summed E-state index contributed by atoms with van der Waals surface area (Å²) in [6.07, 6.45) is 1.16. The predicted molar refractivity (Wildman–Crippen MR) is 102 cm³/mol. The Kier molecular flexibility index (Phi) is 4.21. The maximum Gasteiger partial charge on any atom is 0.172 e. The molecule has 2 aromatic heterocycles. The van der Waals surface area contributed by atoms with Crippen molar-refractivity contribution in [2.75, 3.05) is 18.4 Å². The van der Waals surface area contributed by atoms with Crippen molar-refractivity contribution in [2.45, 2.75) is 32.4 Å². The van der Waals surface area contributed by atoms with Gasteiger partial charge in [0.2, 0.25) is 0 Å². The summed E-state index contributed by atoms with van der Waals surface area (Å²) in [6, 6.07) is 13.4. The third kappa shape index (κ3) is 3.01. The van der Waals surface area contributed by atoms with Gasteiger partial charge < -0.3 is 5.32 Å². The number of nitrogens with zero attached hydrogens (tertiary/aromatic N) is 3. The number of hydrogen-bond donors (Lipinski definition) is 1. The van der Waals surface area contributed by atoms with Gasteiger partial charge in [-0.2, -0.15) is 0 Å². The Morgan fingerprint density at radius 2 is 2.04 bits per heavy atom. The molecular weight excluding hydrogens is 316 g/mol. The van der Waals surface area contributed by atoms with E-state index in [9.17, 15) is 0 Å². The fourth-order valence-electron chi connectivity index (χ4n) is 3.27. The van der Waals surface area contributed by atoms with Crippen molar-refractivity contribution < 1.29 is 0 Å². The average molecular weight is 338 g/mol. The molecule has 0 saturated carbocycles. The number of benzene rings is 1. The molecule has 0 amide bonds. The number of anilines is 1. The molecule has 1 fully saturated rings. The Morgan fingerprint density at radius 3 is 2.79 bits per heavy atom. The highest BCUT2D eigenvalue weighted by Gasteiger charge is 2.25.